The zero-order chi connectivity index (χ0) is 12.1. The van der Waals surface area contributed by atoms with Crippen LogP contribution in [0.2, 0.25) is 0 Å². The molecule has 2 fully saturated rings. The lowest BCUT2D eigenvalue weighted by Gasteiger charge is -2.34. The smallest absolute Gasteiger partial charge is 0.0107 e. The van der Waals surface area contributed by atoms with Gasteiger partial charge in [0.05, 0.1) is 0 Å². The third-order valence-electron chi connectivity index (χ3n) is 4.34. The van der Waals surface area contributed by atoms with Crippen molar-refractivity contribution < 1.29 is 0 Å². The highest BCUT2D eigenvalue weighted by atomic mass is 15.2. The Kier molecular flexibility index (Phi) is 5.26. The maximum atomic E-state index is 3.53. The first kappa shape index (κ1) is 13.3. The van der Waals surface area contributed by atoms with Crippen molar-refractivity contribution in [2.75, 3.05) is 52.4 Å². The molecule has 0 aromatic carbocycles. The lowest BCUT2D eigenvalue weighted by molar-refractivity contribution is 0.145. The first-order valence-electron chi connectivity index (χ1n) is 7.43. The lowest BCUT2D eigenvalue weighted by atomic mass is 9.96. The summed E-state index contributed by atoms with van der Waals surface area (Å²) in [6.45, 7) is 14.8. The topological polar surface area (TPSA) is 18.5 Å². The van der Waals surface area contributed by atoms with Gasteiger partial charge in [-0.3, -0.25) is 0 Å². The summed E-state index contributed by atoms with van der Waals surface area (Å²) >= 11 is 0. The molecule has 100 valence electrons. The molecule has 0 radical (unpaired) electrons. The second-order valence-electron chi connectivity index (χ2n) is 5.95. The molecule has 0 spiro atoms. The molecule has 0 bridgehead atoms. The molecule has 2 rings (SSSR count). The van der Waals surface area contributed by atoms with Crippen LogP contribution in [0.4, 0.5) is 0 Å². The number of hydrogen-bond acceptors (Lipinski definition) is 3. The Morgan fingerprint density at radius 1 is 1.12 bits per heavy atom. The summed E-state index contributed by atoms with van der Waals surface area (Å²) < 4.78 is 0. The van der Waals surface area contributed by atoms with Crippen LogP contribution in [0.25, 0.3) is 0 Å². The van der Waals surface area contributed by atoms with Crippen LogP contribution in [0, 0.1) is 11.8 Å². The van der Waals surface area contributed by atoms with Gasteiger partial charge in [0.25, 0.3) is 0 Å². The van der Waals surface area contributed by atoms with E-state index >= 15 is 0 Å². The van der Waals surface area contributed by atoms with Gasteiger partial charge in [0.15, 0.2) is 0 Å². The number of hydrogen-bond donors (Lipinski definition) is 1. The molecule has 2 heterocycles. The van der Waals surface area contributed by atoms with Crippen LogP contribution >= 0.6 is 0 Å². The van der Waals surface area contributed by atoms with Gasteiger partial charge >= 0.3 is 0 Å². The molecular weight excluding hydrogens is 210 g/mol. The van der Waals surface area contributed by atoms with Crippen molar-refractivity contribution in [3.8, 4) is 0 Å². The molecule has 3 nitrogen and oxygen atoms in total. The summed E-state index contributed by atoms with van der Waals surface area (Å²) in [4.78, 5) is 5.28. The molecule has 0 saturated carbocycles. The zero-order valence-electron chi connectivity index (χ0n) is 11.6. The Morgan fingerprint density at radius 2 is 1.88 bits per heavy atom. The normalized spacial score (nSPS) is 30.4. The molecule has 3 heteroatoms. The highest BCUT2D eigenvalue weighted by Gasteiger charge is 2.22. The molecule has 2 aliphatic rings. The van der Waals surface area contributed by atoms with E-state index in [0.717, 1.165) is 11.8 Å². The van der Waals surface area contributed by atoms with Crippen LogP contribution in [0.1, 0.15) is 26.7 Å². The number of nitrogens with one attached hydrogen (secondary N) is 1. The molecule has 1 N–H and O–H groups in total. The summed E-state index contributed by atoms with van der Waals surface area (Å²) in [5, 5.41) is 3.53. The fourth-order valence-electron chi connectivity index (χ4n) is 3.20. The Bertz CT molecular complexity index is 212. The van der Waals surface area contributed by atoms with E-state index in [1.165, 1.54) is 65.2 Å². The summed E-state index contributed by atoms with van der Waals surface area (Å²) in [6, 6.07) is 0. The fraction of sp³-hybridized carbons (Fsp3) is 1.00. The van der Waals surface area contributed by atoms with Crippen LogP contribution < -0.4 is 5.32 Å². The largest absolute Gasteiger partial charge is 0.315 e. The second-order valence-corrected chi connectivity index (χ2v) is 5.95. The highest BCUT2D eigenvalue weighted by Crippen LogP contribution is 2.19. The number of nitrogens with zero attached hydrogens (tertiary/aromatic N) is 2. The van der Waals surface area contributed by atoms with Gasteiger partial charge in [0.2, 0.25) is 0 Å². The summed E-state index contributed by atoms with van der Waals surface area (Å²) in [5.74, 6) is 1.76. The number of likely N-dealkylation sites (tertiary alicyclic amines) is 1. The van der Waals surface area contributed by atoms with Crippen molar-refractivity contribution in [1.29, 1.82) is 0 Å². The summed E-state index contributed by atoms with van der Waals surface area (Å²) in [7, 11) is 0. The molecule has 1 atom stereocenters. The van der Waals surface area contributed by atoms with E-state index in [-0.39, 0.29) is 0 Å². The predicted octanol–water partition coefficient (Wildman–Crippen LogP) is 1.26. The first-order chi connectivity index (χ1) is 8.28. The molecule has 0 aromatic heterocycles. The molecule has 2 saturated heterocycles. The Labute approximate surface area is 107 Å². The van der Waals surface area contributed by atoms with Crippen LogP contribution in [-0.4, -0.2) is 62.2 Å². The third-order valence-corrected chi connectivity index (χ3v) is 4.34. The van der Waals surface area contributed by atoms with E-state index < -0.39 is 0 Å². The van der Waals surface area contributed by atoms with Crippen molar-refractivity contribution in [3.05, 3.63) is 0 Å². The average Bonchev–Trinajstić information content (AvgIpc) is 2.55. The van der Waals surface area contributed by atoms with Crippen LogP contribution in [0.3, 0.4) is 0 Å². The summed E-state index contributed by atoms with van der Waals surface area (Å²) in [5.41, 5.74) is 0. The van der Waals surface area contributed by atoms with Crippen LogP contribution in [0.15, 0.2) is 0 Å². The first-order valence-corrected chi connectivity index (χ1v) is 7.43. The minimum Gasteiger partial charge on any atom is -0.315 e. The molecule has 1 unspecified atom stereocenters. The standard InChI is InChI=1S/C14H29N3/c1-3-16-7-4-14(5-8-16)12-17-9-6-15-10-13(2)11-17/h13-15H,3-12H2,1-2H3. The minimum absolute atomic E-state index is 0.813. The van der Waals surface area contributed by atoms with Gasteiger partial charge < -0.3 is 15.1 Å². The third kappa shape index (κ3) is 4.23. The highest BCUT2D eigenvalue weighted by molar-refractivity contribution is 4.77. The molecule has 0 aliphatic carbocycles. The fourth-order valence-corrected chi connectivity index (χ4v) is 3.20. The average molecular weight is 239 g/mol. The monoisotopic (exact) mass is 239 g/mol. The van der Waals surface area contributed by atoms with Gasteiger partial charge in [0, 0.05) is 26.2 Å². The van der Waals surface area contributed by atoms with Gasteiger partial charge in [-0.05, 0) is 50.9 Å². The van der Waals surface area contributed by atoms with Crippen molar-refractivity contribution >= 4 is 0 Å². The lowest BCUT2D eigenvalue weighted by Crippen LogP contribution is -2.40. The maximum Gasteiger partial charge on any atom is 0.0107 e. The van der Waals surface area contributed by atoms with E-state index in [2.05, 4.69) is 29.0 Å². The molecule has 0 aromatic rings. The molecular formula is C14H29N3. The SMILES string of the molecule is CCN1CCC(CN2CCNCC(C)C2)CC1. The predicted molar refractivity (Wildman–Crippen MR) is 73.3 cm³/mol. The number of piperidine rings is 1. The summed E-state index contributed by atoms with van der Waals surface area (Å²) in [6.07, 6.45) is 2.82. The van der Waals surface area contributed by atoms with E-state index in [9.17, 15) is 0 Å². The van der Waals surface area contributed by atoms with E-state index in [1.54, 1.807) is 0 Å². The Balaban J connectivity index is 1.73. The van der Waals surface area contributed by atoms with Crippen LogP contribution in [0.5, 0.6) is 0 Å². The Hall–Kier alpha value is -0.120. The number of rotatable bonds is 3. The van der Waals surface area contributed by atoms with Crippen molar-refractivity contribution in [2.24, 2.45) is 11.8 Å². The van der Waals surface area contributed by atoms with Gasteiger partial charge in [-0.25, -0.2) is 0 Å². The van der Waals surface area contributed by atoms with E-state index in [0.29, 0.717) is 0 Å². The Morgan fingerprint density at radius 3 is 2.59 bits per heavy atom. The quantitative estimate of drug-likeness (QED) is 0.800. The maximum absolute atomic E-state index is 3.53. The zero-order valence-corrected chi connectivity index (χ0v) is 11.6. The molecule has 2 aliphatic heterocycles. The van der Waals surface area contributed by atoms with Gasteiger partial charge in [-0.2, -0.15) is 0 Å². The van der Waals surface area contributed by atoms with E-state index in [1.807, 2.05) is 0 Å². The second kappa shape index (κ2) is 6.72. The molecule has 0 amide bonds. The van der Waals surface area contributed by atoms with Crippen molar-refractivity contribution in [3.63, 3.8) is 0 Å². The minimum atomic E-state index is 0.813. The van der Waals surface area contributed by atoms with Crippen molar-refractivity contribution in [2.45, 2.75) is 26.7 Å². The van der Waals surface area contributed by atoms with Gasteiger partial charge in [0.1, 0.15) is 0 Å². The van der Waals surface area contributed by atoms with Crippen molar-refractivity contribution in [1.82, 2.24) is 15.1 Å². The van der Waals surface area contributed by atoms with Crippen LogP contribution in [-0.2, 0) is 0 Å². The van der Waals surface area contributed by atoms with Gasteiger partial charge in [-0.15, -0.1) is 0 Å². The van der Waals surface area contributed by atoms with E-state index in [4.69, 9.17) is 0 Å². The molecule has 17 heavy (non-hydrogen) atoms. The van der Waals surface area contributed by atoms with Gasteiger partial charge in [-0.1, -0.05) is 13.8 Å².